The number of hydrogen-bond donors (Lipinski definition) is 3. The minimum Gasteiger partial charge on any atom is -0.371 e. The third-order valence-corrected chi connectivity index (χ3v) is 5.84. The van der Waals surface area contributed by atoms with Crippen LogP contribution in [0.5, 0.6) is 0 Å². The molecule has 1 aromatic heterocycles. The fourth-order valence-electron chi connectivity index (χ4n) is 4.12. The van der Waals surface area contributed by atoms with Crippen molar-refractivity contribution in [2.24, 2.45) is 0 Å². The fourth-order valence-corrected chi connectivity index (χ4v) is 4.12. The molecule has 1 aliphatic rings. The van der Waals surface area contributed by atoms with Gasteiger partial charge in [0.05, 0.1) is 5.52 Å². The number of anilines is 2. The molecule has 5 nitrogen and oxygen atoms in total. The van der Waals surface area contributed by atoms with Crippen molar-refractivity contribution in [3.05, 3.63) is 59.5 Å². The number of aromatic amines is 1. The van der Waals surface area contributed by atoms with Gasteiger partial charge in [-0.05, 0) is 68.6 Å². The van der Waals surface area contributed by atoms with E-state index < -0.39 is 0 Å². The average Bonchev–Trinajstić information content (AvgIpc) is 3.23. The highest BCUT2D eigenvalue weighted by Gasteiger charge is 2.19. The highest BCUT2D eigenvalue weighted by molar-refractivity contribution is 6.06. The summed E-state index contributed by atoms with van der Waals surface area (Å²) in [4.78, 5) is 18.2. The Balaban J connectivity index is 1.44. The molecule has 30 heavy (non-hydrogen) atoms. The maximum absolute atomic E-state index is 14.1. The molecule has 158 valence electrons. The van der Waals surface area contributed by atoms with Crippen molar-refractivity contribution < 1.29 is 9.18 Å². The number of fused-ring (bicyclic) bond motifs is 1. The summed E-state index contributed by atoms with van der Waals surface area (Å²) in [5.41, 5.74) is 3.77. The summed E-state index contributed by atoms with van der Waals surface area (Å²) < 4.78 is 14.1. The Bertz CT molecular complexity index is 998. The first kappa shape index (κ1) is 20.4. The van der Waals surface area contributed by atoms with Crippen molar-refractivity contribution in [3.63, 3.8) is 0 Å². The van der Waals surface area contributed by atoms with Crippen LogP contribution in [0.15, 0.2) is 42.5 Å². The Morgan fingerprint density at radius 2 is 2.00 bits per heavy atom. The molecule has 1 amide bonds. The lowest BCUT2D eigenvalue weighted by Crippen LogP contribution is -2.42. The number of nitrogens with zero attached hydrogens (tertiary/aromatic N) is 1. The monoisotopic (exact) mass is 408 g/mol. The predicted molar refractivity (Wildman–Crippen MR) is 121 cm³/mol. The normalized spacial score (nSPS) is 15.0. The van der Waals surface area contributed by atoms with Crippen molar-refractivity contribution in [2.75, 3.05) is 29.9 Å². The number of nitrogens with one attached hydrogen (secondary N) is 3. The van der Waals surface area contributed by atoms with Gasteiger partial charge in [0.2, 0.25) is 0 Å². The standard InChI is InChI=1S/C24H29FN4O/c1-3-11-26-17-9-12-29(13-10-17)19-6-4-5-18(14-19)27-24(30)22-15-20-21(25)8-7-16(2)23(20)28-22/h4-8,14-15,17,26,28H,3,9-13H2,1-2H3,(H,27,30). The minimum atomic E-state index is -0.329. The molecule has 1 aliphatic heterocycles. The van der Waals surface area contributed by atoms with Crippen molar-refractivity contribution in [2.45, 2.75) is 39.2 Å². The summed E-state index contributed by atoms with van der Waals surface area (Å²) in [6, 6.07) is 13.2. The maximum atomic E-state index is 14.1. The lowest BCUT2D eigenvalue weighted by Gasteiger charge is -2.34. The number of aromatic nitrogens is 1. The number of piperidine rings is 1. The molecule has 3 N–H and O–H groups in total. The van der Waals surface area contributed by atoms with Crippen LogP contribution in [0.1, 0.15) is 42.2 Å². The quantitative estimate of drug-likeness (QED) is 0.547. The molecular formula is C24H29FN4O. The molecule has 0 unspecified atom stereocenters. The first-order valence-corrected chi connectivity index (χ1v) is 10.7. The number of carbonyl (C=O) groups excluding carboxylic acids is 1. The Morgan fingerprint density at radius 3 is 2.73 bits per heavy atom. The van der Waals surface area contributed by atoms with E-state index in [1.807, 2.05) is 25.1 Å². The number of aryl methyl sites for hydroxylation is 1. The Labute approximate surface area is 176 Å². The van der Waals surface area contributed by atoms with Crippen molar-refractivity contribution >= 4 is 28.2 Å². The van der Waals surface area contributed by atoms with E-state index >= 15 is 0 Å². The van der Waals surface area contributed by atoms with Crippen LogP contribution >= 0.6 is 0 Å². The van der Waals surface area contributed by atoms with E-state index in [0.717, 1.165) is 55.8 Å². The molecular weight excluding hydrogens is 379 g/mol. The molecule has 0 bridgehead atoms. The summed E-state index contributed by atoms with van der Waals surface area (Å²) in [5.74, 6) is -0.602. The highest BCUT2D eigenvalue weighted by Crippen LogP contribution is 2.25. The zero-order valence-electron chi connectivity index (χ0n) is 17.6. The van der Waals surface area contributed by atoms with E-state index in [2.05, 4.69) is 33.5 Å². The molecule has 0 aliphatic carbocycles. The van der Waals surface area contributed by atoms with Gasteiger partial charge in [0.25, 0.3) is 5.91 Å². The molecule has 0 saturated carbocycles. The van der Waals surface area contributed by atoms with Gasteiger partial charge >= 0.3 is 0 Å². The molecule has 0 radical (unpaired) electrons. The number of hydrogen-bond acceptors (Lipinski definition) is 3. The molecule has 4 rings (SSSR count). The Hall–Kier alpha value is -2.86. The first-order chi connectivity index (χ1) is 14.5. The van der Waals surface area contributed by atoms with Crippen LogP contribution in [0.3, 0.4) is 0 Å². The molecule has 0 atom stereocenters. The summed E-state index contributed by atoms with van der Waals surface area (Å²) in [5, 5.41) is 6.98. The Morgan fingerprint density at radius 1 is 1.20 bits per heavy atom. The van der Waals surface area contributed by atoms with Crippen LogP contribution in [0, 0.1) is 12.7 Å². The molecule has 6 heteroatoms. The highest BCUT2D eigenvalue weighted by atomic mass is 19.1. The molecule has 1 saturated heterocycles. The van der Waals surface area contributed by atoms with Gasteiger partial charge in [-0.25, -0.2) is 4.39 Å². The molecule has 1 fully saturated rings. The second-order valence-corrected chi connectivity index (χ2v) is 8.06. The van der Waals surface area contributed by atoms with Gasteiger partial charge in [-0.2, -0.15) is 0 Å². The van der Waals surface area contributed by atoms with Crippen LogP contribution in [-0.4, -0.2) is 36.6 Å². The molecule has 2 aromatic carbocycles. The number of amides is 1. The third kappa shape index (κ3) is 4.33. The molecule has 0 spiro atoms. The fraction of sp³-hybridized carbons (Fsp3) is 0.375. The van der Waals surface area contributed by atoms with E-state index in [4.69, 9.17) is 0 Å². The van der Waals surface area contributed by atoms with Gasteiger partial charge in [0.15, 0.2) is 0 Å². The average molecular weight is 409 g/mol. The molecule has 3 aromatic rings. The zero-order valence-corrected chi connectivity index (χ0v) is 17.6. The second-order valence-electron chi connectivity index (χ2n) is 8.06. The largest absolute Gasteiger partial charge is 0.371 e. The summed E-state index contributed by atoms with van der Waals surface area (Å²) in [6.45, 7) is 7.15. The lowest BCUT2D eigenvalue weighted by molar-refractivity contribution is 0.102. The van der Waals surface area contributed by atoms with E-state index in [0.29, 0.717) is 22.6 Å². The van der Waals surface area contributed by atoms with Crippen molar-refractivity contribution in [3.8, 4) is 0 Å². The van der Waals surface area contributed by atoms with Gasteiger partial charge in [-0.1, -0.05) is 19.1 Å². The first-order valence-electron chi connectivity index (χ1n) is 10.7. The van der Waals surface area contributed by atoms with Crippen LogP contribution in [-0.2, 0) is 0 Å². The number of benzene rings is 2. The minimum absolute atomic E-state index is 0.273. The van der Waals surface area contributed by atoms with Crippen LogP contribution < -0.4 is 15.5 Å². The van der Waals surface area contributed by atoms with Gasteiger partial charge in [0, 0.05) is 35.9 Å². The van der Waals surface area contributed by atoms with Crippen LogP contribution in [0.25, 0.3) is 10.9 Å². The second kappa shape index (κ2) is 8.88. The van der Waals surface area contributed by atoms with E-state index in [-0.39, 0.29) is 11.7 Å². The summed E-state index contributed by atoms with van der Waals surface area (Å²) in [7, 11) is 0. The third-order valence-electron chi connectivity index (χ3n) is 5.84. The topological polar surface area (TPSA) is 60.2 Å². The summed E-state index contributed by atoms with van der Waals surface area (Å²) in [6.07, 6.45) is 3.40. The van der Waals surface area contributed by atoms with E-state index in [9.17, 15) is 9.18 Å². The Kier molecular flexibility index (Phi) is 6.04. The van der Waals surface area contributed by atoms with Gasteiger partial charge < -0.3 is 20.5 Å². The van der Waals surface area contributed by atoms with Gasteiger partial charge in [0.1, 0.15) is 11.5 Å². The van der Waals surface area contributed by atoms with E-state index in [1.54, 1.807) is 12.1 Å². The van der Waals surface area contributed by atoms with E-state index in [1.165, 1.54) is 6.07 Å². The number of carbonyl (C=O) groups is 1. The maximum Gasteiger partial charge on any atom is 0.272 e. The zero-order chi connectivity index (χ0) is 21.1. The SMILES string of the molecule is CCCNC1CCN(c2cccc(NC(=O)c3cc4c(F)ccc(C)c4[nH]3)c2)CC1. The smallest absolute Gasteiger partial charge is 0.272 e. The lowest BCUT2D eigenvalue weighted by atomic mass is 10.0. The van der Waals surface area contributed by atoms with Gasteiger partial charge in [-0.15, -0.1) is 0 Å². The molecule has 2 heterocycles. The van der Waals surface area contributed by atoms with Crippen molar-refractivity contribution in [1.29, 1.82) is 0 Å². The number of halogens is 1. The van der Waals surface area contributed by atoms with Crippen LogP contribution in [0.4, 0.5) is 15.8 Å². The van der Waals surface area contributed by atoms with Gasteiger partial charge in [-0.3, -0.25) is 4.79 Å². The number of H-pyrrole nitrogens is 1. The van der Waals surface area contributed by atoms with Crippen molar-refractivity contribution in [1.82, 2.24) is 10.3 Å². The van der Waals surface area contributed by atoms with Crippen LogP contribution in [0.2, 0.25) is 0 Å². The predicted octanol–water partition coefficient (Wildman–Crippen LogP) is 4.84. The number of rotatable bonds is 6. The summed E-state index contributed by atoms with van der Waals surface area (Å²) >= 11 is 0.